The minimum atomic E-state index is -0.252. The average Bonchev–Trinajstić information content (AvgIpc) is 2.11. The van der Waals surface area contributed by atoms with E-state index < -0.39 is 0 Å². The van der Waals surface area contributed by atoms with Gasteiger partial charge in [0.05, 0.1) is 19.8 Å². The number of nitrogens with two attached hydrogens (primary N) is 1. The fourth-order valence-corrected chi connectivity index (χ4v) is 0.634. The van der Waals surface area contributed by atoms with Crippen molar-refractivity contribution in [2.75, 3.05) is 40.1 Å². The maximum atomic E-state index is 10.7. The average molecular weight is 192 g/mol. The van der Waals surface area contributed by atoms with Crippen LogP contribution < -0.4 is 11.2 Å². The first-order chi connectivity index (χ1) is 6.31. The van der Waals surface area contributed by atoms with Crippen molar-refractivity contribution in [2.45, 2.75) is 0 Å². The van der Waals surface area contributed by atoms with Crippen molar-refractivity contribution >= 4 is 5.91 Å². The van der Waals surface area contributed by atoms with Gasteiger partial charge < -0.3 is 14.8 Å². The molecular formula is C7H16N2O4. The van der Waals surface area contributed by atoms with E-state index in [1.54, 1.807) is 7.11 Å². The molecule has 0 rings (SSSR count). The van der Waals surface area contributed by atoms with Gasteiger partial charge in [-0.25, -0.2) is 5.90 Å². The van der Waals surface area contributed by atoms with Gasteiger partial charge in [-0.15, -0.1) is 0 Å². The SMILES string of the molecule is COCCOCCNC(=O)CON. The zero-order chi connectivity index (χ0) is 9.94. The van der Waals surface area contributed by atoms with Crippen LogP contribution >= 0.6 is 0 Å². The van der Waals surface area contributed by atoms with Crippen LogP contribution in [0.3, 0.4) is 0 Å². The molecule has 13 heavy (non-hydrogen) atoms. The van der Waals surface area contributed by atoms with Crippen molar-refractivity contribution in [1.29, 1.82) is 0 Å². The van der Waals surface area contributed by atoms with E-state index in [4.69, 9.17) is 15.4 Å². The van der Waals surface area contributed by atoms with E-state index in [0.717, 1.165) is 0 Å². The first-order valence-electron chi connectivity index (χ1n) is 3.96. The first-order valence-corrected chi connectivity index (χ1v) is 3.96. The lowest BCUT2D eigenvalue weighted by Crippen LogP contribution is -2.31. The maximum Gasteiger partial charge on any atom is 0.248 e. The Labute approximate surface area is 77.3 Å². The van der Waals surface area contributed by atoms with Gasteiger partial charge in [0.1, 0.15) is 6.61 Å². The smallest absolute Gasteiger partial charge is 0.248 e. The van der Waals surface area contributed by atoms with Crippen molar-refractivity contribution < 1.29 is 19.1 Å². The summed E-state index contributed by atoms with van der Waals surface area (Å²) in [4.78, 5) is 14.9. The molecule has 0 aromatic carbocycles. The number of carbonyl (C=O) groups excluding carboxylic acids is 1. The number of carbonyl (C=O) groups is 1. The summed E-state index contributed by atoms with van der Waals surface area (Å²) in [6.07, 6.45) is 0. The number of amides is 1. The number of methoxy groups -OCH3 is 1. The van der Waals surface area contributed by atoms with E-state index in [9.17, 15) is 4.79 Å². The fourth-order valence-electron chi connectivity index (χ4n) is 0.634. The summed E-state index contributed by atoms with van der Waals surface area (Å²) in [6, 6.07) is 0. The monoisotopic (exact) mass is 192 g/mol. The van der Waals surface area contributed by atoms with E-state index >= 15 is 0 Å². The molecule has 1 amide bonds. The molecule has 3 N–H and O–H groups in total. The van der Waals surface area contributed by atoms with Crippen LogP contribution in [0.15, 0.2) is 0 Å². The Morgan fingerprint density at radius 1 is 1.38 bits per heavy atom. The second kappa shape index (κ2) is 9.40. The molecule has 78 valence electrons. The molecule has 0 aliphatic heterocycles. The lowest BCUT2D eigenvalue weighted by Gasteiger charge is -2.04. The quantitative estimate of drug-likeness (QED) is 0.367. The number of ether oxygens (including phenoxy) is 2. The molecule has 0 spiro atoms. The molecule has 0 aromatic heterocycles. The Balaban J connectivity index is 3.02. The molecule has 6 nitrogen and oxygen atoms in total. The molecule has 0 fully saturated rings. The Morgan fingerprint density at radius 3 is 2.77 bits per heavy atom. The van der Waals surface area contributed by atoms with Gasteiger partial charge in [0.15, 0.2) is 0 Å². The molecule has 0 radical (unpaired) electrons. The summed E-state index contributed by atoms with van der Waals surface area (Å²) in [6.45, 7) is 1.86. The maximum absolute atomic E-state index is 10.7. The summed E-state index contributed by atoms with van der Waals surface area (Å²) >= 11 is 0. The third-order valence-corrected chi connectivity index (χ3v) is 1.21. The molecule has 0 saturated carbocycles. The summed E-state index contributed by atoms with van der Waals surface area (Å²) in [5, 5.41) is 2.55. The number of nitrogens with one attached hydrogen (secondary N) is 1. The second-order valence-corrected chi connectivity index (χ2v) is 2.27. The lowest BCUT2D eigenvalue weighted by molar-refractivity contribution is -0.126. The normalized spacial score (nSPS) is 10.0. The van der Waals surface area contributed by atoms with Gasteiger partial charge in [0.2, 0.25) is 5.91 Å². The van der Waals surface area contributed by atoms with Gasteiger partial charge in [0.25, 0.3) is 0 Å². The Morgan fingerprint density at radius 2 is 2.15 bits per heavy atom. The van der Waals surface area contributed by atoms with Crippen LogP contribution in [-0.2, 0) is 19.1 Å². The molecule has 0 unspecified atom stereocenters. The van der Waals surface area contributed by atoms with E-state index in [0.29, 0.717) is 26.4 Å². The molecule has 6 heteroatoms. The van der Waals surface area contributed by atoms with Gasteiger partial charge in [-0.2, -0.15) is 0 Å². The van der Waals surface area contributed by atoms with Crippen molar-refractivity contribution in [2.24, 2.45) is 5.90 Å². The van der Waals surface area contributed by atoms with Gasteiger partial charge >= 0.3 is 0 Å². The topological polar surface area (TPSA) is 82.8 Å². The van der Waals surface area contributed by atoms with Crippen molar-refractivity contribution in [3.8, 4) is 0 Å². The zero-order valence-electron chi connectivity index (χ0n) is 7.75. The molecule has 0 aliphatic rings. The predicted octanol–water partition coefficient (Wildman–Crippen LogP) is -1.34. The van der Waals surface area contributed by atoms with Crippen molar-refractivity contribution in [1.82, 2.24) is 5.32 Å². The van der Waals surface area contributed by atoms with Crippen molar-refractivity contribution in [3.05, 3.63) is 0 Å². The van der Waals surface area contributed by atoms with E-state index in [2.05, 4.69) is 10.2 Å². The zero-order valence-corrected chi connectivity index (χ0v) is 7.75. The Kier molecular flexibility index (Phi) is 8.90. The van der Waals surface area contributed by atoms with Crippen molar-refractivity contribution in [3.63, 3.8) is 0 Å². The van der Waals surface area contributed by atoms with Gasteiger partial charge in [0, 0.05) is 13.7 Å². The number of rotatable bonds is 8. The van der Waals surface area contributed by atoms with Gasteiger partial charge in [-0.3, -0.25) is 9.63 Å². The van der Waals surface area contributed by atoms with Crippen LogP contribution in [0.1, 0.15) is 0 Å². The summed E-state index contributed by atoms with van der Waals surface area (Å²) in [5.41, 5.74) is 0. The van der Waals surface area contributed by atoms with Gasteiger partial charge in [-0.05, 0) is 0 Å². The molecule has 0 saturated heterocycles. The van der Waals surface area contributed by atoms with Gasteiger partial charge in [-0.1, -0.05) is 0 Å². The van der Waals surface area contributed by atoms with Crippen LogP contribution in [0.4, 0.5) is 0 Å². The minimum absolute atomic E-state index is 0.127. The highest BCUT2D eigenvalue weighted by Crippen LogP contribution is 1.75. The summed E-state index contributed by atoms with van der Waals surface area (Å²) in [7, 11) is 1.60. The van der Waals surface area contributed by atoms with E-state index in [-0.39, 0.29) is 12.5 Å². The van der Waals surface area contributed by atoms with Crippen LogP contribution in [0, 0.1) is 0 Å². The molecule has 0 aliphatic carbocycles. The highest BCUT2D eigenvalue weighted by atomic mass is 16.6. The fraction of sp³-hybridized carbons (Fsp3) is 0.857. The Hall–Kier alpha value is -0.690. The lowest BCUT2D eigenvalue weighted by atomic mass is 10.6. The molecule has 0 heterocycles. The highest BCUT2D eigenvalue weighted by Gasteiger charge is 1.97. The molecule has 0 bridgehead atoms. The predicted molar refractivity (Wildman–Crippen MR) is 45.8 cm³/mol. The van der Waals surface area contributed by atoms with Crippen LogP contribution in [-0.4, -0.2) is 46.0 Å². The first kappa shape index (κ1) is 12.3. The van der Waals surface area contributed by atoms with Crippen LogP contribution in [0.2, 0.25) is 0 Å². The largest absolute Gasteiger partial charge is 0.382 e. The second-order valence-electron chi connectivity index (χ2n) is 2.27. The number of hydrogen-bond donors (Lipinski definition) is 2. The van der Waals surface area contributed by atoms with Crippen LogP contribution in [0.5, 0.6) is 0 Å². The third kappa shape index (κ3) is 9.22. The molecule has 0 atom stereocenters. The Bertz CT molecular complexity index is 132. The highest BCUT2D eigenvalue weighted by molar-refractivity contribution is 5.77. The van der Waals surface area contributed by atoms with Crippen LogP contribution in [0.25, 0.3) is 0 Å². The number of hydrogen-bond acceptors (Lipinski definition) is 5. The van der Waals surface area contributed by atoms with E-state index in [1.807, 2.05) is 0 Å². The standard InChI is InChI=1S/C7H16N2O4/c1-11-4-5-12-3-2-9-7(10)6-13-8/h2-6,8H2,1H3,(H,9,10). The molecule has 0 aromatic rings. The van der Waals surface area contributed by atoms with E-state index in [1.165, 1.54) is 0 Å². The minimum Gasteiger partial charge on any atom is -0.382 e. The summed E-state index contributed by atoms with van der Waals surface area (Å²) < 4.78 is 9.85. The third-order valence-electron chi connectivity index (χ3n) is 1.21. The molecular weight excluding hydrogens is 176 g/mol. The summed E-state index contributed by atoms with van der Waals surface area (Å²) in [5.74, 6) is 4.44.